The highest BCUT2D eigenvalue weighted by Crippen LogP contribution is 2.02. The molecule has 1 aromatic carbocycles. The molecule has 3 heteroatoms. The van der Waals surface area contributed by atoms with E-state index < -0.39 is 47.9 Å². The summed E-state index contributed by atoms with van der Waals surface area (Å²) in [7, 11) is 0. The fourth-order valence-corrected chi connectivity index (χ4v) is 0.467. The first kappa shape index (κ1) is 2.93. The highest BCUT2D eigenvalue weighted by atomic mass is 19.1. The second-order valence-corrected chi connectivity index (χ2v) is 1.62. The molecular weight excluding hydrogens is 147 g/mol. The fourth-order valence-electron chi connectivity index (χ4n) is 0.467. The lowest BCUT2D eigenvalue weighted by Gasteiger charge is -1.94. The zero-order valence-corrected chi connectivity index (χ0v) is 5.23. The standard InChI is InChI=1S/C8H7FO2/c9-7-3-1-6(2-4-7)5-8(10)11/h1-4H,5H2,(H,10,11)/i1D,2D,3D,4D,5D2. The molecule has 0 bridgehead atoms. The van der Waals surface area contributed by atoms with Gasteiger partial charge in [0.2, 0.25) is 0 Å². The van der Waals surface area contributed by atoms with Crippen LogP contribution < -0.4 is 0 Å². The summed E-state index contributed by atoms with van der Waals surface area (Å²) in [5.74, 6) is -3.41. The van der Waals surface area contributed by atoms with Crippen molar-refractivity contribution in [2.24, 2.45) is 0 Å². The molecule has 0 saturated heterocycles. The molecule has 58 valence electrons. The van der Waals surface area contributed by atoms with E-state index in [-0.39, 0.29) is 0 Å². The van der Waals surface area contributed by atoms with Crippen molar-refractivity contribution in [1.29, 1.82) is 0 Å². The molecule has 0 unspecified atom stereocenters. The third kappa shape index (κ3) is 2.37. The number of benzene rings is 1. The van der Waals surface area contributed by atoms with Crippen LogP contribution in [0.25, 0.3) is 0 Å². The minimum absolute atomic E-state index is 0.985. The van der Waals surface area contributed by atoms with Crippen LogP contribution >= 0.6 is 0 Å². The molecule has 0 aliphatic rings. The summed E-state index contributed by atoms with van der Waals surface area (Å²) >= 11 is 0. The Morgan fingerprint density at radius 1 is 1.64 bits per heavy atom. The highest BCUT2D eigenvalue weighted by molar-refractivity contribution is 5.70. The minimum Gasteiger partial charge on any atom is -0.481 e. The third-order valence-electron chi connectivity index (χ3n) is 0.826. The Hall–Kier alpha value is -1.38. The van der Waals surface area contributed by atoms with Crippen molar-refractivity contribution in [3.8, 4) is 0 Å². The number of halogens is 1. The van der Waals surface area contributed by atoms with Gasteiger partial charge in [-0.05, 0) is 17.6 Å². The lowest BCUT2D eigenvalue weighted by Crippen LogP contribution is -1.99. The van der Waals surface area contributed by atoms with Gasteiger partial charge in [0, 0.05) is 2.74 Å². The Kier molecular flexibility index (Phi) is 0.837. The van der Waals surface area contributed by atoms with Gasteiger partial charge in [0.1, 0.15) is 5.82 Å². The van der Waals surface area contributed by atoms with Crippen LogP contribution in [0.3, 0.4) is 0 Å². The second kappa shape index (κ2) is 3.14. The normalized spacial score (nSPS) is 18.6. The number of hydrogen-bond donors (Lipinski definition) is 1. The number of rotatable bonds is 2. The van der Waals surface area contributed by atoms with Crippen LogP contribution in [0, 0.1) is 5.82 Å². The zero-order valence-electron chi connectivity index (χ0n) is 11.2. The van der Waals surface area contributed by atoms with E-state index in [4.69, 9.17) is 13.3 Å². The molecule has 1 rings (SSSR count). The summed E-state index contributed by atoms with van der Waals surface area (Å²) in [6.45, 7) is 0. The second-order valence-electron chi connectivity index (χ2n) is 1.62. The van der Waals surface area contributed by atoms with E-state index in [1.165, 1.54) is 0 Å². The molecule has 0 radical (unpaired) electrons. The number of carboxylic acids is 1. The van der Waals surface area contributed by atoms with Crippen molar-refractivity contribution in [2.75, 3.05) is 0 Å². The van der Waals surface area contributed by atoms with Crippen LogP contribution in [-0.4, -0.2) is 11.1 Å². The maximum Gasteiger partial charge on any atom is 0.307 e. The SMILES string of the molecule is [2H]c1c([2H])c(C([2H])([2H])C(=O)O)c([2H])c([2H])c1F. The molecule has 0 aromatic heterocycles. The van der Waals surface area contributed by atoms with Crippen LogP contribution in [0.2, 0.25) is 0 Å². The van der Waals surface area contributed by atoms with Crippen molar-refractivity contribution in [2.45, 2.75) is 6.37 Å². The van der Waals surface area contributed by atoms with Gasteiger partial charge in [-0.1, -0.05) is 12.1 Å². The summed E-state index contributed by atoms with van der Waals surface area (Å²) < 4.78 is 56.4. The quantitative estimate of drug-likeness (QED) is 0.711. The van der Waals surface area contributed by atoms with Crippen molar-refractivity contribution < 1.29 is 22.5 Å². The number of aliphatic carboxylic acids is 1. The lowest BCUT2D eigenvalue weighted by molar-refractivity contribution is -0.136. The van der Waals surface area contributed by atoms with Crippen molar-refractivity contribution in [3.63, 3.8) is 0 Å². The molecule has 0 aliphatic heterocycles. The van der Waals surface area contributed by atoms with E-state index in [0.29, 0.717) is 0 Å². The smallest absolute Gasteiger partial charge is 0.307 e. The Morgan fingerprint density at radius 3 is 2.64 bits per heavy atom. The molecule has 0 fully saturated rings. The molecule has 0 spiro atoms. The molecule has 1 aromatic rings. The van der Waals surface area contributed by atoms with Crippen LogP contribution in [0.5, 0.6) is 0 Å². The average molecular weight is 160 g/mol. The maximum atomic E-state index is 13.1. The van der Waals surface area contributed by atoms with Gasteiger partial charge in [-0.15, -0.1) is 0 Å². The van der Waals surface area contributed by atoms with E-state index in [1.807, 2.05) is 0 Å². The summed E-state index contributed by atoms with van der Waals surface area (Å²) in [5.41, 5.74) is -0.985. The van der Waals surface area contributed by atoms with Gasteiger partial charge >= 0.3 is 5.97 Å². The van der Waals surface area contributed by atoms with E-state index in [0.717, 1.165) is 0 Å². The van der Waals surface area contributed by atoms with Gasteiger partial charge < -0.3 is 5.11 Å². The van der Waals surface area contributed by atoms with Gasteiger partial charge in [-0.25, -0.2) is 4.39 Å². The van der Waals surface area contributed by atoms with Crippen LogP contribution in [-0.2, 0) is 11.2 Å². The molecule has 2 nitrogen and oxygen atoms in total. The topological polar surface area (TPSA) is 37.3 Å². The van der Waals surface area contributed by atoms with Crippen LogP contribution in [0.4, 0.5) is 4.39 Å². The Bertz CT molecular complexity index is 472. The zero-order chi connectivity index (χ0) is 13.5. The average Bonchev–Trinajstić information content (AvgIpc) is 2.23. The molecule has 0 aliphatic carbocycles. The molecule has 0 saturated carbocycles. The molecule has 0 atom stereocenters. The number of carboxylic acid groups (broad SMARTS) is 1. The van der Waals surface area contributed by atoms with Crippen LogP contribution in [0.15, 0.2) is 24.2 Å². The maximum absolute atomic E-state index is 13.1. The van der Waals surface area contributed by atoms with Gasteiger partial charge in [0.25, 0.3) is 0 Å². The van der Waals surface area contributed by atoms with E-state index in [9.17, 15) is 9.18 Å². The van der Waals surface area contributed by atoms with Crippen molar-refractivity contribution in [3.05, 3.63) is 35.6 Å². The molecule has 0 amide bonds. The predicted octanol–water partition coefficient (Wildman–Crippen LogP) is 1.45. The van der Waals surface area contributed by atoms with Gasteiger partial charge in [-0.3, -0.25) is 4.79 Å². The molecule has 11 heavy (non-hydrogen) atoms. The van der Waals surface area contributed by atoms with Crippen molar-refractivity contribution in [1.82, 2.24) is 0 Å². The largest absolute Gasteiger partial charge is 0.481 e. The number of carbonyl (C=O) groups is 1. The minimum atomic E-state index is -3.12. The molecule has 0 heterocycles. The van der Waals surface area contributed by atoms with Crippen molar-refractivity contribution >= 4 is 5.97 Å². The summed E-state index contributed by atoms with van der Waals surface area (Å²) in [6, 6.07) is -4.25. The summed E-state index contributed by atoms with van der Waals surface area (Å²) in [6.07, 6.45) is -3.12. The summed E-state index contributed by atoms with van der Waals surface area (Å²) in [5, 5.41) is 8.64. The van der Waals surface area contributed by atoms with Gasteiger partial charge in [0.05, 0.1) is 11.9 Å². The molecular formula is C8H7FO2. The van der Waals surface area contributed by atoms with Crippen LogP contribution in [0.1, 0.15) is 13.8 Å². The Balaban J connectivity index is 3.72. The third-order valence-corrected chi connectivity index (χ3v) is 0.826. The number of hydrogen-bond acceptors (Lipinski definition) is 1. The first-order chi connectivity index (χ1) is 7.62. The first-order valence-corrected chi connectivity index (χ1v) is 2.62. The highest BCUT2D eigenvalue weighted by Gasteiger charge is 1.98. The lowest BCUT2D eigenvalue weighted by atomic mass is 10.1. The Morgan fingerprint density at radius 2 is 2.18 bits per heavy atom. The van der Waals surface area contributed by atoms with Gasteiger partial charge in [0.15, 0.2) is 0 Å². The van der Waals surface area contributed by atoms with E-state index >= 15 is 0 Å². The van der Waals surface area contributed by atoms with E-state index in [2.05, 4.69) is 0 Å². The Labute approximate surface area is 71.7 Å². The summed E-state index contributed by atoms with van der Waals surface area (Å²) in [4.78, 5) is 10.7. The van der Waals surface area contributed by atoms with Gasteiger partial charge in [-0.2, -0.15) is 0 Å². The van der Waals surface area contributed by atoms with E-state index in [1.54, 1.807) is 0 Å². The molecule has 1 N–H and O–H groups in total. The predicted molar refractivity (Wildman–Crippen MR) is 37.7 cm³/mol. The fraction of sp³-hybridized carbons (Fsp3) is 0.125. The first-order valence-electron chi connectivity index (χ1n) is 5.62. The monoisotopic (exact) mass is 160 g/mol.